The highest BCUT2D eigenvalue weighted by Crippen LogP contribution is 2.22. The zero-order valence-corrected chi connectivity index (χ0v) is 15.9. The number of phenols is 2. The van der Waals surface area contributed by atoms with Crippen LogP contribution in [-0.4, -0.2) is 10.2 Å². The Bertz CT molecular complexity index is 888. The Kier molecular flexibility index (Phi) is 9.48. The van der Waals surface area contributed by atoms with Crippen LogP contribution in [0, 0.1) is 0 Å². The molecule has 0 amide bonds. The molecule has 0 atom stereocenters. The predicted octanol–water partition coefficient (Wildman–Crippen LogP) is 6.94. The van der Waals surface area contributed by atoms with Gasteiger partial charge in [0.15, 0.2) is 0 Å². The van der Waals surface area contributed by atoms with Gasteiger partial charge in [-0.2, -0.15) is 0 Å². The Morgan fingerprint density at radius 3 is 1.43 bits per heavy atom. The summed E-state index contributed by atoms with van der Waals surface area (Å²) in [5.74, 6) is 0.672. The first-order chi connectivity index (χ1) is 13.8. The van der Waals surface area contributed by atoms with Crippen LogP contribution in [0.3, 0.4) is 0 Å². The normalized spacial score (nSPS) is 12.4. The highest BCUT2D eigenvalue weighted by molar-refractivity contribution is 5.87. The smallest absolute Gasteiger partial charge is 0.123 e. The third-order valence-corrected chi connectivity index (χ3v) is 3.83. The zero-order chi connectivity index (χ0) is 19.9. The molecule has 2 aliphatic rings. The molecule has 142 valence electrons. The molecule has 0 saturated carbocycles. The van der Waals surface area contributed by atoms with Gasteiger partial charge in [-0.25, -0.2) is 0 Å². The van der Waals surface area contributed by atoms with Crippen LogP contribution in [0.1, 0.15) is 12.8 Å². The van der Waals surface area contributed by atoms with Crippen LogP contribution < -0.4 is 0 Å². The van der Waals surface area contributed by atoms with Crippen LogP contribution >= 0.6 is 0 Å². The second-order valence-corrected chi connectivity index (χ2v) is 6.02. The average Bonchev–Trinajstić information content (AvgIpc) is 3.48. The fraction of sp³-hybridized carbons (Fsp3) is 0.0769. The van der Waals surface area contributed by atoms with Gasteiger partial charge in [0.1, 0.15) is 11.5 Å². The van der Waals surface area contributed by atoms with E-state index < -0.39 is 0 Å². The topological polar surface area (TPSA) is 40.5 Å². The van der Waals surface area contributed by atoms with Crippen molar-refractivity contribution < 1.29 is 10.2 Å². The molecule has 0 saturated heterocycles. The van der Waals surface area contributed by atoms with Crippen molar-refractivity contribution in [2.75, 3.05) is 0 Å². The number of allylic oxidation sites excluding steroid dienone is 8. The van der Waals surface area contributed by atoms with Gasteiger partial charge in [0.05, 0.1) is 0 Å². The summed E-state index contributed by atoms with van der Waals surface area (Å²) in [7, 11) is 0. The number of hydrogen-bond donors (Lipinski definition) is 2. The molecule has 2 N–H and O–H groups in total. The number of hydrogen-bond acceptors (Lipinski definition) is 2. The van der Waals surface area contributed by atoms with Gasteiger partial charge in [-0.3, -0.25) is 0 Å². The summed E-state index contributed by atoms with van der Waals surface area (Å²) in [6.45, 7) is 0. The molecule has 0 bridgehead atoms. The zero-order valence-electron chi connectivity index (χ0n) is 15.9. The Labute approximate surface area is 167 Å². The lowest BCUT2D eigenvalue weighted by Gasteiger charge is -1.97. The molecular formula is C26H26O2. The molecule has 0 heterocycles. The Morgan fingerprint density at radius 2 is 1.00 bits per heavy atom. The van der Waals surface area contributed by atoms with Gasteiger partial charge in [-0.15, -0.1) is 0 Å². The Balaban J connectivity index is 0.000000142. The second-order valence-electron chi connectivity index (χ2n) is 6.02. The van der Waals surface area contributed by atoms with Gasteiger partial charge >= 0.3 is 0 Å². The molecule has 0 spiro atoms. The quantitative estimate of drug-likeness (QED) is 0.450. The Hall–Kier alpha value is -3.52. The third kappa shape index (κ3) is 8.24. The first kappa shape index (κ1) is 20.8. The van der Waals surface area contributed by atoms with Crippen LogP contribution in [0.2, 0.25) is 0 Å². The lowest BCUT2D eigenvalue weighted by molar-refractivity contribution is 0.475. The van der Waals surface area contributed by atoms with Gasteiger partial charge in [-0.05, 0) is 36.4 Å². The van der Waals surface area contributed by atoms with Crippen molar-refractivity contribution in [1.82, 2.24) is 0 Å². The van der Waals surface area contributed by atoms with E-state index in [0.29, 0.717) is 11.5 Å². The fourth-order valence-electron chi connectivity index (χ4n) is 2.42. The number of benzene rings is 3. The van der Waals surface area contributed by atoms with Gasteiger partial charge in [0.2, 0.25) is 0 Å². The van der Waals surface area contributed by atoms with E-state index in [1.807, 2.05) is 42.5 Å². The number of phenolic OH excluding ortho intramolecular Hbond substituents is 2. The summed E-state index contributed by atoms with van der Waals surface area (Å²) >= 11 is 0. The van der Waals surface area contributed by atoms with Crippen molar-refractivity contribution in [3.8, 4) is 11.5 Å². The van der Waals surface area contributed by atoms with Crippen molar-refractivity contribution in [3.05, 3.63) is 121 Å². The minimum atomic E-state index is 0.322. The van der Waals surface area contributed by atoms with E-state index in [1.165, 1.54) is 0 Å². The lowest BCUT2D eigenvalue weighted by atomic mass is 10.1. The van der Waals surface area contributed by atoms with Crippen molar-refractivity contribution in [1.29, 1.82) is 0 Å². The largest absolute Gasteiger partial charge is 0.508 e. The molecule has 2 heteroatoms. The molecule has 0 fully saturated rings. The third-order valence-electron chi connectivity index (χ3n) is 3.83. The van der Waals surface area contributed by atoms with Gasteiger partial charge in [0, 0.05) is 5.39 Å². The summed E-state index contributed by atoms with van der Waals surface area (Å²) in [6.07, 6.45) is 19.0. The van der Waals surface area contributed by atoms with Crippen molar-refractivity contribution in [2.45, 2.75) is 12.8 Å². The maximum atomic E-state index is 9.37. The minimum absolute atomic E-state index is 0.322. The van der Waals surface area contributed by atoms with Crippen LogP contribution in [0.15, 0.2) is 121 Å². The highest BCUT2D eigenvalue weighted by atomic mass is 16.3. The molecule has 5 rings (SSSR count). The Morgan fingerprint density at radius 1 is 0.500 bits per heavy atom. The molecule has 0 radical (unpaired) electrons. The predicted molar refractivity (Wildman–Crippen MR) is 120 cm³/mol. The summed E-state index contributed by atoms with van der Waals surface area (Å²) in [5, 5.41) is 20.0. The lowest BCUT2D eigenvalue weighted by Crippen LogP contribution is -1.70. The average molecular weight is 370 g/mol. The van der Waals surface area contributed by atoms with E-state index in [1.54, 1.807) is 30.3 Å². The minimum Gasteiger partial charge on any atom is -0.508 e. The maximum absolute atomic E-state index is 9.37. The molecule has 2 nitrogen and oxygen atoms in total. The van der Waals surface area contributed by atoms with Crippen molar-refractivity contribution in [3.63, 3.8) is 0 Å². The first-order valence-corrected chi connectivity index (χ1v) is 9.31. The highest BCUT2D eigenvalue weighted by Gasteiger charge is 1.94. The standard InChI is InChI=1S/C10H8O.C6H6O.2C5H6/c11-10-7-3-5-8-4-1-2-6-9(8)10;7-6-4-2-1-3-5-6;2*1-2-4-5-3-1/h1-7,11H;1-5,7H;2*1-4H,5H2. The molecule has 3 aromatic rings. The SMILES string of the molecule is C1=CCC=C1.C1=CCC=C1.Oc1cccc2ccccc12.Oc1ccccc1. The summed E-state index contributed by atoms with van der Waals surface area (Å²) in [5.41, 5.74) is 0. The number of aromatic hydroxyl groups is 2. The van der Waals surface area contributed by atoms with E-state index in [4.69, 9.17) is 5.11 Å². The second kappa shape index (κ2) is 12.8. The summed E-state index contributed by atoms with van der Waals surface area (Å²) in [4.78, 5) is 0. The van der Waals surface area contributed by atoms with Gasteiger partial charge in [-0.1, -0.05) is 103 Å². The molecule has 3 aromatic carbocycles. The summed E-state index contributed by atoms with van der Waals surface area (Å²) < 4.78 is 0. The fourth-order valence-corrected chi connectivity index (χ4v) is 2.42. The number of rotatable bonds is 0. The molecular weight excluding hydrogens is 344 g/mol. The van der Waals surface area contributed by atoms with Gasteiger partial charge in [0.25, 0.3) is 0 Å². The summed E-state index contributed by atoms with van der Waals surface area (Å²) in [6, 6.07) is 22.0. The van der Waals surface area contributed by atoms with Gasteiger partial charge < -0.3 is 10.2 Å². The van der Waals surface area contributed by atoms with Crippen LogP contribution in [0.4, 0.5) is 0 Å². The van der Waals surface area contributed by atoms with Crippen molar-refractivity contribution >= 4 is 10.8 Å². The molecule has 0 unspecified atom stereocenters. The van der Waals surface area contributed by atoms with Crippen molar-refractivity contribution in [2.24, 2.45) is 0 Å². The van der Waals surface area contributed by atoms with Crippen LogP contribution in [0.25, 0.3) is 10.8 Å². The van der Waals surface area contributed by atoms with E-state index in [-0.39, 0.29) is 0 Å². The van der Waals surface area contributed by atoms with E-state index in [9.17, 15) is 5.11 Å². The van der Waals surface area contributed by atoms with E-state index in [0.717, 1.165) is 23.6 Å². The monoisotopic (exact) mass is 370 g/mol. The molecule has 2 aliphatic carbocycles. The number of para-hydroxylation sites is 1. The number of fused-ring (bicyclic) bond motifs is 1. The van der Waals surface area contributed by atoms with E-state index in [2.05, 4.69) is 48.6 Å². The van der Waals surface area contributed by atoms with E-state index >= 15 is 0 Å². The molecule has 0 aromatic heterocycles. The van der Waals surface area contributed by atoms with Crippen LogP contribution in [0.5, 0.6) is 11.5 Å². The molecule has 0 aliphatic heterocycles. The molecule has 28 heavy (non-hydrogen) atoms. The first-order valence-electron chi connectivity index (χ1n) is 9.31. The maximum Gasteiger partial charge on any atom is 0.123 e. The van der Waals surface area contributed by atoms with Crippen LogP contribution in [-0.2, 0) is 0 Å².